The van der Waals surface area contributed by atoms with E-state index in [2.05, 4.69) is 0 Å². The first kappa shape index (κ1) is 21.7. The van der Waals surface area contributed by atoms with Crippen molar-refractivity contribution in [3.05, 3.63) is 94.5 Å². The molecule has 2 fully saturated rings. The number of rotatable bonds is 3. The largest absolute Gasteiger partial charge is 0.495 e. The monoisotopic (exact) mass is 487 g/mol. The maximum Gasteiger partial charge on any atom is 0.241 e. The first-order chi connectivity index (χ1) is 16.9. The molecule has 8 heteroatoms. The number of amides is 2. The highest BCUT2D eigenvalue weighted by Crippen LogP contribution is 2.58. The van der Waals surface area contributed by atoms with Gasteiger partial charge in [0.2, 0.25) is 29.0 Å². The molecule has 2 amide bonds. The van der Waals surface area contributed by atoms with Crippen molar-refractivity contribution in [2.45, 2.75) is 11.7 Å². The number of carbonyl (C=O) groups is 4. The summed E-state index contributed by atoms with van der Waals surface area (Å²) in [6.45, 7) is 0. The third kappa shape index (κ3) is 2.76. The Morgan fingerprint density at radius 3 is 2.06 bits per heavy atom. The summed E-state index contributed by atoms with van der Waals surface area (Å²) in [6, 6.07) is 19.6. The van der Waals surface area contributed by atoms with Gasteiger partial charge in [-0.3, -0.25) is 19.2 Å². The minimum Gasteiger partial charge on any atom is -0.495 e. The van der Waals surface area contributed by atoms with Gasteiger partial charge < -0.3 is 9.47 Å². The fourth-order valence-electron chi connectivity index (χ4n) is 5.52. The van der Waals surface area contributed by atoms with Crippen LogP contribution in [0, 0.1) is 11.8 Å². The number of ketones is 2. The Labute approximate surface area is 205 Å². The van der Waals surface area contributed by atoms with Crippen LogP contribution in [-0.4, -0.2) is 36.1 Å². The highest BCUT2D eigenvalue weighted by atomic mass is 35.5. The van der Waals surface area contributed by atoms with Crippen LogP contribution in [0.1, 0.15) is 32.4 Å². The standard InChI is InChI=1S/C27H18ClNO6/c1-34-19-9-5-4-8-18(19)29-25(32)20-21(26(29)33)27(35-22(20)14-10-12-15(28)13-11-14)23(30)16-6-2-3-7-17(16)24(27)31/h2-13,20-22H,1H3. The van der Waals surface area contributed by atoms with Crippen molar-refractivity contribution in [2.75, 3.05) is 12.0 Å². The number of imide groups is 1. The molecule has 35 heavy (non-hydrogen) atoms. The average Bonchev–Trinajstić information content (AvgIpc) is 3.44. The number of benzene rings is 3. The lowest BCUT2D eigenvalue weighted by atomic mass is 9.77. The smallest absolute Gasteiger partial charge is 0.241 e. The van der Waals surface area contributed by atoms with Crippen molar-refractivity contribution in [1.29, 1.82) is 0 Å². The molecule has 2 heterocycles. The van der Waals surface area contributed by atoms with Gasteiger partial charge in [-0.25, -0.2) is 4.90 Å². The van der Waals surface area contributed by atoms with Gasteiger partial charge in [-0.05, 0) is 29.8 Å². The number of Topliss-reactive ketones (excluding diaryl/α,β-unsaturated/α-hetero) is 2. The summed E-state index contributed by atoms with van der Waals surface area (Å²) in [4.78, 5) is 56.3. The summed E-state index contributed by atoms with van der Waals surface area (Å²) in [5.41, 5.74) is -0.962. The molecular weight excluding hydrogens is 470 g/mol. The van der Waals surface area contributed by atoms with Crippen LogP contribution in [0.5, 0.6) is 5.75 Å². The fraction of sp³-hybridized carbons (Fsp3) is 0.185. The first-order valence-corrected chi connectivity index (χ1v) is 11.4. The Bertz CT molecular complexity index is 1400. The molecule has 0 saturated carbocycles. The van der Waals surface area contributed by atoms with E-state index < -0.39 is 46.9 Å². The van der Waals surface area contributed by atoms with Gasteiger partial charge >= 0.3 is 0 Å². The zero-order chi connectivity index (χ0) is 24.5. The molecule has 3 aliphatic rings. The third-order valence-electron chi connectivity index (χ3n) is 7.04. The number of anilines is 1. The van der Waals surface area contributed by atoms with Crippen LogP contribution in [0.3, 0.4) is 0 Å². The second-order valence-corrected chi connectivity index (χ2v) is 9.15. The topological polar surface area (TPSA) is 90.0 Å². The third-order valence-corrected chi connectivity index (χ3v) is 7.30. The molecule has 0 aromatic heterocycles. The summed E-state index contributed by atoms with van der Waals surface area (Å²) in [5.74, 6) is -4.53. The van der Waals surface area contributed by atoms with E-state index in [1.165, 1.54) is 19.2 Å². The molecule has 2 saturated heterocycles. The lowest BCUT2D eigenvalue weighted by Crippen LogP contribution is -2.51. The predicted molar refractivity (Wildman–Crippen MR) is 126 cm³/mol. The fourth-order valence-corrected chi connectivity index (χ4v) is 5.65. The van der Waals surface area contributed by atoms with Gasteiger partial charge in [0.25, 0.3) is 0 Å². The molecule has 1 spiro atoms. The molecule has 3 atom stereocenters. The number of methoxy groups -OCH3 is 1. The number of nitrogens with zero attached hydrogens (tertiary/aromatic N) is 1. The Morgan fingerprint density at radius 2 is 1.43 bits per heavy atom. The number of hydrogen-bond donors (Lipinski definition) is 0. The lowest BCUT2D eigenvalue weighted by Gasteiger charge is -2.27. The number of para-hydroxylation sites is 2. The van der Waals surface area contributed by atoms with Gasteiger partial charge in [0, 0.05) is 16.1 Å². The van der Waals surface area contributed by atoms with Crippen LogP contribution in [0.4, 0.5) is 5.69 Å². The number of hydrogen-bond acceptors (Lipinski definition) is 6. The van der Waals surface area contributed by atoms with Gasteiger partial charge in [0.1, 0.15) is 5.75 Å². The summed E-state index contributed by atoms with van der Waals surface area (Å²) in [7, 11) is 1.44. The SMILES string of the molecule is COc1ccccc1N1C(=O)C2C(c3ccc(Cl)cc3)OC3(C(=O)c4ccccc4C3=O)C2C1=O. The van der Waals surface area contributed by atoms with Crippen molar-refractivity contribution >= 4 is 40.7 Å². The molecule has 0 bridgehead atoms. The molecule has 3 unspecified atom stereocenters. The summed E-state index contributed by atoms with van der Waals surface area (Å²) >= 11 is 6.05. The van der Waals surface area contributed by atoms with Gasteiger partial charge in [0.05, 0.1) is 30.7 Å². The highest BCUT2D eigenvalue weighted by molar-refractivity contribution is 6.37. The van der Waals surface area contributed by atoms with Gasteiger partial charge in [-0.2, -0.15) is 0 Å². The van der Waals surface area contributed by atoms with E-state index >= 15 is 0 Å². The molecule has 1 aliphatic carbocycles. The van der Waals surface area contributed by atoms with Crippen LogP contribution in [0.2, 0.25) is 5.02 Å². The molecule has 0 radical (unpaired) electrons. The zero-order valence-electron chi connectivity index (χ0n) is 18.4. The molecule has 6 rings (SSSR count). The normalized spacial score (nSPS) is 24.3. The van der Waals surface area contributed by atoms with Crippen molar-refractivity contribution < 1.29 is 28.7 Å². The van der Waals surface area contributed by atoms with Crippen LogP contribution in [0.25, 0.3) is 0 Å². The van der Waals surface area contributed by atoms with Crippen molar-refractivity contribution in [3.63, 3.8) is 0 Å². The number of carbonyl (C=O) groups excluding carboxylic acids is 4. The molecule has 2 aliphatic heterocycles. The van der Waals surface area contributed by atoms with E-state index in [1.807, 2.05) is 0 Å². The quantitative estimate of drug-likeness (QED) is 0.409. The molecule has 174 valence electrons. The molecule has 0 N–H and O–H groups in total. The van der Waals surface area contributed by atoms with E-state index in [4.69, 9.17) is 21.1 Å². The Kier molecular flexibility index (Phi) is 4.71. The molecule has 7 nitrogen and oxygen atoms in total. The second kappa shape index (κ2) is 7.60. The first-order valence-electron chi connectivity index (χ1n) is 11.0. The van der Waals surface area contributed by atoms with Crippen molar-refractivity contribution in [3.8, 4) is 5.75 Å². The van der Waals surface area contributed by atoms with Gasteiger partial charge in [-0.15, -0.1) is 0 Å². The maximum atomic E-state index is 13.9. The molecule has 3 aromatic carbocycles. The summed E-state index contributed by atoms with van der Waals surface area (Å²) in [5, 5.41) is 0.475. The van der Waals surface area contributed by atoms with Crippen LogP contribution >= 0.6 is 11.6 Å². The summed E-state index contributed by atoms with van der Waals surface area (Å²) in [6.07, 6.45) is -1.00. The van der Waals surface area contributed by atoms with Crippen molar-refractivity contribution in [2.24, 2.45) is 11.8 Å². The zero-order valence-corrected chi connectivity index (χ0v) is 19.2. The minimum absolute atomic E-state index is 0.184. The maximum absolute atomic E-state index is 13.9. The molecule has 3 aromatic rings. The average molecular weight is 488 g/mol. The van der Waals surface area contributed by atoms with Gasteiger partial charge in [0.15, 0.2) is 0 Å². The van der Waals surface area contributed by atoms with E-state index in [-0.39, 0.29) is 16.8 Å². The van der Waals surface area contributed by atoms with Crippen molar-refractivity contribution in [1.82, 2.24) is 0 Å². The minimum atomic E-state index is -2.12. The van der Waals surface area contributed by atoms with Crippen LogP contribution in [-0.2, 0) is 14.3 Å². The van der Waals surface area contributed by atoms with E-state index in [0.717, 1.165) is 4.90 Å². The number of ether oxygens (including phenoxy) is 2. The van der Waals surface area contributed by atoms with E-state index in [0.29, 0.717) is 16.3 Å². The summed E-state index contributed by atoms with van der Waals surface area (Å²) < 4.78 is 11.6. The number of halogens is 1. The Hall–Kier alpha value is -3.81. The Balaban J connectivity index is 1.55. The molecular formula is C27H18ClNO6. The van der Waals surface area contributed by atoms with E-state index in [9.17, 15) is 19.2 Å². The highest BCUT2D eigenvalue weighted by Gasteiger charge is 2.74. The van der Waals surface area contributed by atoms with Crippen LogP contribution < -0.4 is 9.64 Å². The van der Waals surface area contributed by atoms with Crippen LogP contribution in [0.15, 0.2) is 72.8 Å². The van der Waals surface area contributed by atoms with E-state index in [1.54, 1.807) is 60.7 Å². The Morgan fingerprint density at radius 1 is 0.829 bits per heavy atom. The second-order valence-electron chi connectivity index (χ2n) is 8.72. The number of fused-ring (bicyclic) bond motifs is 3. The lowest BCUT2D eigenvalue weighted by molar-refractivity contribution is -0.127. The predicted octanol–water partition coefficient (Wildman–Crippen LogP) is 4.04. The van der Waals surface area contributed by atoms with Gasteiger partial charge in [-0.1, -0.05) is 60.1 Å².